The van der Waals surface area contributed by atoms with Crippen LogP contribution in [0.1, 0.15) is 47.9 Å². The van der Waals surface area contributed by atoms with E-state index in [0.717, 1.165) is 10.5 Å². The second kappa shape index (κ2) is 12.1. The van der Waals surface area contributed by atoms with Gasteiger partial charge < -0.3 is 15.1 Å². The van der Waals surface area contributed by atoms with E-state index in [1.54, 1.807) is 35.2 Å². The highest BCUT2D eigenvalue weighted by molar-refractivity contribution is 5.81. The molecule has 3 amide bonds. The number of amides is 3. The molecular formula is C27H29F6N3O3. The minimum absolute atomic E-state index is 0.0510. The van der Waals surface area contributed by atoms with Crippen LogP contribution in [0.4, 0.5) is 26.3 Å². The predicted molar refractivity (Wildman–Crippen MR) is 130 cm³/mol. The first-order chi connectivity index (χ1) is 18.2. The van der Waals surface area contributed by atoms with Gasteiger partial charge in [0.1, 0.15) is 0 Å². The molecule has 0 spiro atoms. The van der Waals surface area contributed by atoms with Crippen LogP contribution in [0, 0.1) is 5.92 Å². The van der Waals surface area contributed by atoms with Crippen LogP contribution in [-0.4, -0.2) is 54.2 Å². The van der Waals surface area contributed by atoms with Gasteiger partial charge in [0.05, 0.1) is 11.1 Å². The lowest BCUT2D eigenvalue weighted by Crippen LogP contribution is -2.48. The maximum absolute atomic E-state index is 13.5. The Bertz CT molecular complexity index is 1150. The van der Waals surface area contributed by atoms with E-state index >= 15 is 0 Å². The zero-order valence-electron chi connectivity index (χ0n) is 21.4. The minimum atomic E-state index is -4.99. The molecule has 2 aromatic carbocycles. The summed E-state index contributed by atoms with van der Waals surface area (Å²) in [6.07, 6.45) is -9.64. The van der Waals surface area contributed by atoms with Gasteiger partial charge in [-0.15, -0.1) is 0 Å². The fraction of sp³-hybridized carbons (Fsp3) is 0.444. The summed E-state index contributed by atoms with van der Waals surface area (Å²) in [7, 11) is 1.34. The molecule has 0 unspecified atom stereocenters. The normalized spacial score (nSPS) is 18.0. The van der Waals surface area contributed by atoms with Crippen molar-refractivity contribution in [2.75, 3.05) is 26.7 Å². The molecule has 1 saturated heterocycles. The van der Waals surface area contributed by atoms with Gasteiger partial charge in [0.2, 0.25) is 17.7 Å². The molecule has 1 N–H and O–H groups in total. The van der Waals surface area contributed by atoms with Crippen molar-refractivity contribution in [2.45, 2.75) is 44.6 Å². The minimum Gasteiger partial charge on any atom is -0.356 e. The van der Waals surface area contributed by atoms with Gasteiger partial charge in [-0.2, -0.15) is 26.3 Å². The third-order valence-corrected chi connectivity index (χ3v) is 6.67. The number of rotatable bonds is 7. The predicted octanol–water partition coefficient (Wildman–Crippen LogP) is 4.84. The van der Waals surface area contributed by atoms with Gasteiger partial charge in [-0.3, -0.25) is 14.4 Å². The average Bonchev–Trinajstić information content (AvgIpc) is 2.87. The van der Waals surface area contributed by atoms with Crippen molar-refractivity contribution in [3.8, 4) is 0 Å². The van der Waals surface area contributed by atoms with Crippen molar-refractivity contribution in [1.82, 2.24) is 15.1 Å². The zero-order valence-corrected chi connectivity index (χ0v) is 21.4. The smallest absolute Gasteiger partial charge is 0.356 e. The van der Waals surface area contributed by atoms with E-state index in [-0.39, 0.29) is 55.9 Å². The molecule has 1 aliphatic heterocycles. The maximum Gasteiger partial charge on any atom is 0.416 e. The highest BCUT2D eigenvalue weighted by Gasteiger charge is 2.39. The van der Waals surface area contributed by atoms with Crippen LogP contribution in [0.25, 0.3) is 0 Å². The van der Waals surface area contributed by atoms with Crippen molar-refractivity contribution in [3.63, 3.8) is 0 Å². The van der Waals surface area contributed by atoms with Crippen molar-refractivity contribution in [3.05, 3.63) is 70.8 Å². The SMILES string of the molecule is CC(=O)NCCC(=O)N1CC[C@@H](C(=O)N(C)Cc2cc(C(F)(F)F)cc(C(F)(F)F)c2)[C@H](c2ccccc2)C1. The molecule has 212 valence electrons. The topological polar surface area (TPSA) is 69.7 Å². The Hall–Kier alpha value is -3.57. The van der Waals surface area contributed by atoms with Crippen LogP contribution in [0.2, 0.25) is 0 Å². The Morgan fingerprint density at radius 3 is 2.10 bits per heavy atom. The van der Waals surface area contributed by atoms with E-state index in [9.17, 15) is 40.7 Å². The summed E-state index contributed by atoms with van der Waals surface area (Å²) in [6.45, 7) is 1.50. The molecule has 0 radical (unpaired) electrons. The number of hydrogen-bond donors (Lipinski definition) is 1. The summed E-state index contributed by atoms with van der Waals surface area (Å²) in [5, 5.41) is 2.56. The molecule has 2 aromatic rings. The first-order valence-electron chi connectivity index (χ1n) is 12.3. The number of likely N-dealkylation sites (tertiary alicyclic amines) is 1. The zero-order chi connectivity index (χ0) is 29.0. The first-order valence-corrected chi connectivity index (χ1v) is 12.3. The molecule has 0 saturated carbocycles. The molecule has 1 fully saturated rings. The second-order valence-electron chi connectivity index (χ2n) is 9.59. The van der Waals surface area contributed by atoms with Gasteiger partial charge in [0.25, 0.3) is 0 Å². The van der Waals surface area contributed by atoms with Crippen LogP contribution in [0.15, 0.2) is 48.5 Å². The number of carbonyl (C=O) groups excluding carboxylic acids is 3. The van der Waals surface area contributed by atoms with Crippen LogP contribution in [0.5, 0.6) is 0 Å². The molecule has 2 atom stereocenters. The number of nitrogens with zero attached hydrogens (tertiary/aromatic N) is 2. The van der Waals surface area contributed by atoms with E-state index in [1.807, 2.05) is 0 Å². The summed E-state index contributed by atoms with van der Waals surface area (Å²) < 4.78 is 79.7. The fourth-order valence-electron chi connectivity index (χ4n) is 4.76. The van der Waals surface area contributed by atoms with E-state index < -0.39 is 47.8 Å². The highest BCUT2D eigenvalue weighted by atomic mass is 19.4. The largest absolute Gasteiger partial charge is 0.416 e. The number of halogens is 6. The van der Waals surface area contributed by atoms with Crippen LogP contribution < -0.4 is 5.32 Å². The van der Waals surface area contributed by atoms with Crippen molar-refractivity contribution < 1.29 is 40.7 Å². The van der Waals surface area contributed by atoms with Gasteiger partial charge in [-0.05, 0) is 35.7 Å². The van der Waals surface area contributed by atoms with Crippen molar-refractivity contribution in [2.24, 2.45) is 5.92 Å². The van der Waals surface area contributed by atoms with Crippen LogP contribution in [-0.2, 0) is 33.3 Å². The second-order valence-corrected chi connectivity index (χ2v) is 9.59. The van der Waals surface area contributed by atoms with Gasteiger partial charge in [-0.25, -0.2) is 0 Å². The number of alkyl halides is 6. The molecule has 39 heavy (non-hydrogen) atoms. The summed E-state index contributed by atoms with van der Waals surface area (Å²) in [5.41, 5.74) is -2.40. The molecule has 6 nitrogen and oxygen atoms in total. The quantitative estimate of drug-likeness (QED) is 0.496. The summed E-state index contributed by atoms with van der Waals surface area (Å²) >= 11 is 0. The monoisotopic (exact) mass is 557 g/mol. The van der Waals surface area contributed by atoms with E-state index in [4.69, 9.17) is 0 Å². The van der Waals surface area contributed by atoms with Crippen LogP contribution >= 0.6 is 0 Å². The van der Waals surface area contributed by atoms with Gasteiger partial charge >= 0.3 is 12.4 Å². The molecule has 12 heteroatoms. The van der Waals surface area contributed by atoms with Crippen molar-refractivity contribution >= 4 is 17.7 Å². The number of benzene rings is 2. The highest BCUT2D eigenvalue weighted by Crippen LogP contribution is 2.37. The lowest BCUT2D eigenvalue weighted by atomic mass is 9.79. The third-order valence-electron chi connectivity index (χ3n) is 6.67. The lowest BCUT2D eigenvalue weighted by molar-refractivity contribution is -0.143. The summed E-state index contributed by atoms with van der Waals surface area (Å²) in [6, 6.07) is 10.2. The number of piperidine rings is 1. The molecular weight excluding hydrogens is 528 g/mol. The molecule has 0 bridgehead atoms. The Morgan fingerprint density at radius 2 is 1.56 bits per heavy atom. The molecule has 3 rings (SSSR count). The number of nitrogens with one attached hydrogen (secondary N) is 1. The molecule has 0 aliphatic carbocycles. The molecule has 1 aliphatic rings. The maximum atomic E-state index is 13.5. The van der Waals surface area contributed by atoms with Gasteiger partial charge in [0.15, 0.2) is 0 Å². The summed E-state index contributed by atoms with van der Waals surface area (Å²) in [5.74, 6) is -2.00. The van der Waals surface area contributed by atoms with E-state index in [1.165, 1.54) is 14.0 Å². The first kappa shape index (κ1) is 30.0. The number of carbonyl (C=O) groups is 3. The van der Waals surface area contributed by atoms with E-state index in [2.05, 4.69) is 5.32 Å². The molecule has 1 heterocycles. The van der Waals surface area contributed by atoms with Gasteiger partial charge in [-0.1, -0.05) is 30.3 Å². The lowest BCUT2D eigenvalue weighted by Gasteiger charge is -2.39. The molecule has 0 aromatic heterocycles. The van der Waals surface area contributed by atoms with Crippen molar-refractivity contribution in [1.29, 1.82) is 0 Å². The Labute approximate surface area is 222 Å². The Kier molecular flexibility index (Phi) is 9.29. The summed E-state index contributed by atoms with van der Waals surface area (Å²) in [4.78, 5) is 40.1. The standard InChI is InChI=1S/C27H29F6N3O3/c1-17(37)34-10-8-24(38)36-11-9-22(23(16-36)19-6-4-3-5-7-19)25(39)35(2)15-18-12-20(26(28,29)30)14-21(13-18)27(31,32)33/h3-7,12-14,22-23H,8-11,15-16H2,1-2H3,(H,34,37)/t22-,23+/m1/s1. The Morgan fingerprint density at radius 1 is 0.974 bits per heavy atom. The third kappa shape index (κ3) is 7.96. The van der Waals surface area contributed by atoms with E-state index in [0.29, 0.717) is 12.1 Å². The Balaban J connectivity index is 1.82. The number of hydrogen-bond acceptors (Lipinski definition) is 3. The average molecular weight is 558 g/mol. The fourth-order valence-corrected chi connectivity index (χ4v) is 4.76. The van der Waals surface area contributed by atoms with Crippen LogP contribution in [0.3, 0.4) is 0 Å². The van der Waals surface area contributed by atoms with Gasteiger partial charge in [0, 0.05) is 58.4 Å².